The fraction of sp³-hybridized carbons (Fsp3) is 0.429. The maximum atomic E-state index is 12.7. The summed E-state index contributed by atoms with van der Waals surface area (Å²) in [5, 5.41) is 58.6. The fourth-order valence-electron chi connectivity index (χ4n) is 4.12. The van der Waals surface area contributed by atoms with Gasteiger partial charge in [0.15, 0.2) is 0 Å². The van der Waals surface area contributed by atoms with E-state index in [4.69, 9.17) is 19.3 Å². The van der Waals surface area contributed by atoms with Crippen molar-refractivity contribution in [3.63, 3.8) is 0 Å². The molecule has 0 saturated heterocycles. The molecule has 0 aliphatic rings. The summed E-state index contributed by atoms with van der Waals surface area (Å²) in [6.07, 6.45) is -4.87. The quantitative estimate of drug-likeness (QED) is 0.149. The normalized spacial score (nSPS) is 13.9. The third-order valence-electron chi connectivity index (χ3n) is 5.66. The number of carbonyl (C=O) groups excluding carboxylic acids is 3. The molecule has 0 saturated carbocycles. The lowest BCUT2D eigenvalue weighted by Gasteiger charge is -2.19. The Morgan fingerprint density at radius 2 is 1.10 bits per heavy atom. The predicted octanol–water partition coefficient (Wildman–Crippen LogP) is 2.56. The highest BCUT2D eigenvalue weighted by Crippen LogP contribution is 2.31. The average molecular weight is 579 g/mol. The number of rotatable bonds is 13. The molecule has 6 N–H and O–H groups in total. The first-order chi connectivity index (χ1) is 19.1. The zero-order valence-corrected chi connectivity index (χ0v) is 23.0. The van der Waals surface area contributed by atoms with Crippen molar-refractivity contribution in [2.45, 2.75) is 77.8 Å². The third kappa shape index (κ3) is 9.87. The smallest absolute Gasteiger partial charge is 0.342 e. The van der Waals surface area contributed by atoms with E-state index in [9.17, 15) is 44.7 Å². The highest BCUT2D eigenvalue weighted by atomic mass is 16.6. The van der Waals surface area contributed by atoms with Crippen molar-refractivity contribution in [3.05, 3.63) is 46.5 Å². The number of hydrogen-bond donors (Lipinski definition) is 6. The molecule has 0 aliphatic heterocycles. The third-order valence-corrected chi connectivity index (χ3v) is 5.66. The molecule has 224 valence electrons. The van der Waals surface area contributed by atoms with E-state index in [-0.39, 0.29) is 46.6 Å². The van der Waals surface area contributed by atoms with Crippen LogP contribution in [0.4, 0.5) is 0 Å². The van der Waals surface area contributed by atoms with E-state index < -0.39 is 72.6 Å². The minimum absolute atomic E-state index is 0.0566. The molecular weight excluding hydrogens is 544 g/mol. The number of benzene rings is 2. The van der Waals surface area contributed by atoms with E-state index in [1.807, 2.05) is 0 Å². The van der Waals surface area contributed by atoms with E-state index in [2.05, 4.69) is 0 Å². The number of esters is 3. The van der Waals surface area contributed by atoms with Gasteiger partial charge in [-0.3, -0.25) is 9.59 Å². The molecule has 13 heteroatoms. The standard InChI is InChI=1S/C28H34O13/c1-13(29)5-17-9-19(30)11-21(32)25(17)27(37)41-16(4)8-24(36)39-14(2)6-18-10-20(31)12-22(33)26(18)28(38)40-15(3)7-23(34)35/h9-16,29-33H,5-8H2,1-4H3,(H,34,35)/t13-,14-,15-,16-/m1/s1. The van der Waals surface area contributed by atoms with Crippen molar-refractivity contribution in [1.82, 2.24) is 0 Å². The van der Waals surface area contributed by atoms with Crippen LogP contribution >= 0.6 is 0 Å². The second kappa shape index (κ2) is 14.2. The first-order valence-electron chi connectivity index (χ1n) is 12.7. The number of carboxylic acids is 1. The van der Waals surface area contributed by atoms with E-state index in [0.29, 0.717) is 0 Å². The Hall–Kier alpha value is -4.52. The minimum Gasteiger partial charge on any atom is -0.508 e. The van der Waals surface area contributed by atoms with Crippen molar-refractivity contribution >= 4 is 23.9 Å². The van der Waals surface area contributed by atoms with Gasteiger partial charge in [-0.1, -0.05) is 0 Å². The minimum atomic E-state index is -1.19. The van der Waals surface area contributed by atoms with Crippen LogP contribution in [0.25, 0.3) is 0 Å². The first-order valence-corrected chi connectivity index (χ1v) is 12.7. The molecule has 0 unspecified atom stereocenters. The van der Waals surface area contributed by atoms with Crippen LogP contribution in [-0.2, 0) is 36.6 Å². The number of hydrogen-bond acceptors (Lipinski definition) is 12. The number of ether oxygens (including phenoxy) is 3. The Bertz CT molecular complexity index is 1280. The van der Waals surface area contributed by atoms with Crippen molar-refractivity contribution in [2.24, 2.45) is 0 Å². The molecule has 0 fully saturated rings. The summed E-state index contributed by atoms with van der Waals surface area (Å²) in [6, 6.07) is 4.23. The Balaban J connectivity index is 2.07. The van der Waals surface area contributed by atoms with Gasteiger partial charge in [0.05, 0.1) is 18.9 Å². The summed E-state index contributed by atoms with van der Waals surface area (Å²) in [7, 11) is 0. The molecule has 0 aromatic heterocycles. The Morgan fingerprint density at radius 3 is 1.54 bits per heavy atom. The summed E-state index contributed by atoms with van der Waals surface area (Å²) < 4.78 is 15.7. The van der Waals surface area contributed by atoms with Gasteiger partial charge in [-0.05, 0) is 57.4 Å². The van der Waals surface area contributed by atoms with Gasteiger partial charge in [-0.15, -0.1) is 0 Å². The van der Waals surface area contributed by atoms with Crippen LogP contribution in [0.3, 0.4) is 0 Å². The topological polar surface area (TPSA) is 217 Å². The molecule has 13 nitrogen and oxygen atoms in total. The average Bonchev–Trinajstić information content (AvgIpc) is 2.76. The lowest BCUT2D eigenvalue weighted by Crippen LogP contribution is -2.25. The summed E-state index contributed by atoms with van der Waals surface area (Å²) in [5.41, 5.74) is -0.375. The number of carbonyl (C=O) groups is 4. The molecule has 0 heterocycles. The van der Waals surface area contributed by atoms with E-state index in [0.717, 1.165) is 12.1 Å². The Morgan fingerprint density at radius 1 is 0.659 bits per heavy atom. The van der Waals surface area contributed by atoms with Gasteiger partial charge < -0.3 is 44.8 Å². The van der Waals surface area contributed by atoms with Crippen LogP contribution in [0.15, 0.2) is 24.3 Å². The number of aliphatic hydroxyl groups is 1. The molecule has 41 heavy (non-hydrogen) atoms. The number of phenols is 4. The molecule has 0 bridgehead atoms. The van der Waals surface area contributed by atoms with E-state index in [1.165, 1.54) is 39.8 Å². The van der Waals surface area contributed by atoms with Crippen molar-refractivity contribution in [2.75, 3.05) is 0 Å². The molecule has 0 amide bonds. The van der Waals surface area contributed by atoms with Gasteiger partial charge in [0.2, 0.25) is 0 Å². The van der Waals surface area contributed by atoms with Crippen LogP contribution < -0.4 is 0 Å². The Kier molecular flexibility index (Phi) is 11.3. The van der Waals surface area contributed by atoms with Crippen molar-refractivity contribution < 1.29 is 64.0 Å². The highest BCUT2D eigenvalue weighted by Gasteiger charge is 2.26. The first kappa shape index (κ1) is 32.7. The maximum absolute atomic E-state index is 12.7. The van der Waals surface area contributed by atoms with Gasteiger partial charge in [0.1, 0.15) is 52.4 Å². The summed E-state index contributed by atoms with van der Waals surface area (Å²) in [4.78, 5) is 48.7. The lowest BCUT2D eigenvalue weighted by molar-refractivity contribution is -0.150. The fourth-order valence-corrected chi connectivity index (χ4v) is 4.12. The van der Waals surface area contributed by atoms with Crippen molar-refractivity contribution in [1.29, 1.82) is 0 Å². The van der Waals surface area contributed by atoms with Crippen LogP contribution in [0, 0.1) is 0 Å². The van der Waals surface area contributed by atoms with Gasteiger partial charge in [0.25, 0.3) is 0 Å². The lowest BCUT2D eigenvalue weighted by atomic mass is 10.00. The number of aliphatic hydroxyl groups excluding tert-OH is 1. The molecule has 2 rings (SSSR count). The van der Waals surface area contributed by atoms with Gasteiger partial charge in [-0.25, -0.2) is 9.59 Å². The van der Waals surface area contributed by atoms with Gasteiger partial charge in [-0.2, -0.15) is 0 Å². The van der Waals surface area contributed by atoms with Crippen molar-refractivity contribution in [3.8, 4) is 23.0 Å². The number of aromatic hydroxyl groups is 4. The molecule has 0 radical (unpaired) electrons. The molecule has 2 aromatic rings. The molecule has 0 aliphatic carbocycles. The molecule has 2 aromatic carbocycles. The van der Waals surface area contributed by atoms with Gasteiger partial charge in [0, 0.05) is 18.6 Å². The number of aliphatic carboxylic acids is 1. The summed E-state index contributed by atoms with van der Waals surface area (Å²) in [6.45, 7) is 5.71. The van der Waals surface area contributed by atoms with Crippen LogP contribution in [0.5, 0.6) is 23.0 Å². The monoisotopic (exact) mass is 578 g/mol. The number of phenolic OH excluding ortho intramolecular Hbond substituents is 4. The summed E-state index contributed by atoms with van der Waals surface area (Å²) in [5.74, 6) is -5.86. The highest BCUT2D eigenvalue weighted by molar-refractivity contribution is 5.95. The van der Waals surface area contributed by atoms with Gasteiger partial charge >= 0.3 is 23.9 Å². The zero-order chi connectivity index (χ0) is 31.0. The molecular formula is C28H34O13. The second-order valence-corrected chi connectivity index (χ2v) is 9.79. The zero-order valence-electron chi connectivity index (χ0n) is 23.0. The van der Waals surface area contributed by atoms with Crippen LogP contribution in [0.2, 0.25) is 0 Å². The van der Waals surface area contributed by atoms with E-state index >= 15 is 0 Å². The summed E-state index contributed by atoms with van der Waals surface area (Å²) >= 11 is 0. The molecule has 4 atom stereocenters. The molecule has 0 spiro atoms. The SMILES string of the molecule is C[C@H](Cc1cc(O)cc(O)c1C(=O)O[C@H](C)CC(=O)O)OC(=O)C[C@@H](C)OC(=O)c1c(O)cc(O)cc1C[C@@H](C)O. The number of carboxylic acid groups (broad SMARTS) is 1. The van der Waals surface area contributed by atoms with Crippen LogP contribution in [-0.4, -0.2) is 78.9 Å². The maximum Gasteiger partial charge on any atom is 0.342 e. The Labute approximate surface area is 235 Å². The van der Waals surface area contributed by atoms with Crippen LogP contribution in [0.1, 0.15) is 72.4 Å². The predicted molar refractivity (Wildman–Crippen MR) is 141 cm³/mol. The second-order valence-electron chi connectivity index (χ2n) is 9.79. The largest absolute Gasteiger partial charge is 0.508 e. The van der Waals surface area contributed by atoms with E-state index in [1.54, 1.807) is 0 Å².